The quantitative estimate of drug-likeness (QED) is 0.396. The van der Waals surface area contributed by atoms with Crippen LogP contribution < -0.4 is 5.32 Å². The number of hydrogen-bond acceptors (Lipinski definition) is 3. The molecule has 0 atom stereocenters. The average Bonchev–Trinajstić information content (AvgIpc) is 1.77. The number of amides is 1. The molecule has 1 heterocycles. The van der Waals surface area contributed by atoms with Crippen molar-refractivity contribution in [3.05, 3.63) is 0 Å². The number of nitrogens with one attached hydrogen (secondary N) is 1. The van der Waals surface area contributed by atoms with Crippen LogP contribution in [0.4, 0.5) is 0 Å². The van der Waals surface area contributed by atoms with Crippen LogP contribution in [0.25, 0.3) is 0 Å². The van der Waals surface area contributed by atoms with Gasteiger partial charge in [0, 0.05) is 0 Å². The highest BCUT2D eigenvalue weighted by molar-refractivity contribution is 6.58. The van der Waals surface area contributed by atoms with Crippen LogP contribution in [0.5, 0.6) is 0 Å². The van der Waals surface area contributed by atoms with Crippen LogP contribution in [0.2, 0.25) is 0 Å². The van der Waals surface area contributed by atoms with E-state index in [4.69, 9.17) is 0 Å². The molecule has 0 fully saturated rings. The Balaban J connectivity index is 2.75. The lowest BCUT2D eigenvalue weighted by molar-refractivity contribution is -0.134. The molecule has 8 heavy (non-hydrogen) atoms. The first-order valence-corrected chi connectivity index (χ1v) is 2.12. The lowest BCUT2D eigenvalue weighted by atomic mass is 10.4. The fourth-order valence-corrected chi connectivity index (χ4v) is 0.392. The minimum Gasteiger partial charge on any atom is -0.330 e. The molecule has 0 aliphatic carbocycles. The van der Waals surface area contributed by atoms with Crippen LogP contribution in [0.15, 0.2) is 4.99 Å². The zero-order chi connectivity index (χ0) is 5.98. The summed E-state index contributed by atoms with van der Waals surface area (Å²) in [6.07, 6.45) is 1.03. The van der Waals surface area contributed by atoms with Crippen LogP contribution in [0.1, 0.15) is 0 Å². The second-order valence-electron chi connectivity index (χ2n) is 1.34. The minimum atomic E-state index is -0.573. The molecule has 0 saturated carbocycles. The van der Waals surface area contributed by atoms with Gasteiger partial charge in [0.25, 0.3) is 11.7 Å². The second kappa shape index (κ2) is 1.73. The summed E-state index contributed by atoms with van der Waals surface area (Å²) in [6, 6.07) is 0. The van der Waals surface area contributed by atoms with Crippen molar-refractivity contribution in [3.63, 3.8) is 0 Å². The molecule has 1 amide bonds. The molecule has 1 rings (SSSR count). The summed E-state index contributed by atoms with van der Waals surface area (Å²) in [7, 11) is 0. The molecule has 4 heteroatoms. The largest absolute Gasteiger partial charge is 0.330 e. The van der Waals surface area contributed by atoms with E-state index in [0.29, 0.717) is 0 Å². The van der Waals surface area contributed by atoms with E-state index < -0.39 is 11.7 Å². The Hall–Kier alpha value is -1.19. The lowest BCUT2D eigenvalue weighted by Gasteiger charge is -2.00. The maximum absolute atomic E-state index is 10.2. The van der Waals surface area contributed by atoms with Crippen LogP contribution in [-0.4, -0.2) is 24.6 Å². The summed E-state index contributed by atoms with van der Waals surface area (Å²) in [5.74, 6) is -1.14. The second-order valence-corrected chi connectivity index (χ2v) is 1.34. The molecular formula is C4H4N2O2. The van der Waals surface area contributed by atoms with Gasteiger partial charge in [0.15, 0.2) is 0 Å². The topological polar surface area (TPSA) is 58.5 Å². The molecule has 0 saturated heterocycles. The first kappa shape index (κ1) is 4.96. The molecule has 0 radical (unpaired) electrons. The standard InChI is InChI=1S/C4H4N2O2/c7-3-1-5-2-6-4(3)8/h1H,2H2,(H,6,8). The van der Waals surface area contributed by atoms with Gasteiger partial charge in [0.05, 0.1) is 6.21 Å². The van der Waals surface area contributed by atoms with Crippen molar-refractivity contribution in [2.45, 2.75) is 0 Å². The molecule has 0 aromatic carbocycles. The van der Waals surface area contributed by atoms with Gasteiger partial charge in [-0.25, -0.2) is 0 Å². The van der Waals surface area contributed by atoms with Crippen molar-refractivity contribution < 1.29 is 9.59 Å². The van der Waals surface area contributed by atoms with Gasteiger partial charge in [-0.3, -0.25) is 14.6 Å². The third kappa shape index (κ3) is 0.726. The van der Waals surface area contributed by atoms with Crippen molar-refractivity contribution in [3.8, 4) is 0 Å². The van der Waals surface area contributed by atoms with Gasteiger partial charge in [-0.15, -0.1) is 0 Å². The van der Waals surface area contributed by atoms with Gasteiger partial charge in [-0.05, 0) is 0 Å². The lowest BCUT2D eigenvalue weighted by Crippen LogP contribution is -2.35. The van der Waals surface area contributed by atoms with Gasteiger partial charge >= 0.3 is 0 Å². The fraction of sp³-hybridized carbons (Fsp3) is 0.250. The highest BCUT2D eigenvalue weighted by atomic mass is 16.2. The zero-order valence-electron chi connectivity index (χ0n) is 4.05. The Labute approximate surface area is 45.6 Å². The Morgan fingerprint density at radius 3 is 2.75 bits per heavy atom. The molecule has 0 aromatic rings. The first-order valence-electron chi connectivity index (χ1n) is 2.12. The normalized spacial score (nSPS) is 18.5. The summed E-state index contributed by atoms with van der Waals surface area (Å²) in [4.78, 5) is 24.0. The number of ketones is 1. The summed E-state index contributed by atoms with van der Waals surface area (Å²) >= 11 is 0. The Kier molecular flexibility index (Phi) is 1.07. The van der Waals surface area contributed by atoms with Crippen LogP contribution in [-0.2, 0) is 9.59 Å². The number of rotatable bonds is 0. The third-order valence-electron chi connectivity index (χ3n) is 0.763. The van der Waals surface area contributed by atoms with E-state index in [1.54, 1.807) is 0 Å². The molecule has 42 valence electrons. The van der Waals surface area contributed by atoms with E-state index in [-0.39, 0.29) is 6.67 Å². The predicted octanol–water partition coefficient (Wildman–Crippen LogP) is -1.29. The molecule has 1 aliphatic rings. The van der Waals surface area contributed by atoms with Crippen molar-refractivity contribution in [2.75, 3.05) is 6.67 Å². The van der Waals surface area contributed by atoms with Crippen LogP contribution in [0.3, 0.4) is 0 Å². The number of hydrogen-bond donors (Lipinski definition) is 1. The van der Waals surface area contributed by atoms with E-state index in [1.807, 2.05) is 0 Å². The van der Waals surface area contributed by atoms with E-state index in [2.05, 4.69) is 10.3 Å². The predicted molar refractivity (Wildman–Crippen MR) is 26.5 cm³/mol. The number of carbonyl (C=O) groups is 2. The number of aliphatic imine (C=N–C) groups is 1. The summed E-state index contributed by atoms with van der Waals surface area (Å²) in [5.41, 5.74) is 0. The molecule has 0 unspecified atom stereocenters. The monoisotopic (exact) mass is 112 g/mol. The summed E-state index contributed by atoms with van der Waals surface area (Å²) in [5, 5.41) is 2.25. The van der Waals surface area contributed by atoms with Crippen LogP contribution in [0, 0.1) is 0 Å². The van der Waals surface area contributed by atoms with Crippen molar-refractivity contribution in [2.24, 2.45) is 4.99 Å². The van der Waals surface area contributed by atoms with Gasteiger partial charge in [0.1, 0.15) is 6.67 Å². The molecule has 0 aromatic heterocycles. The van der Waals surface area contributed by atoms with E-state index in [9.17, 15) is 9.59 Å². The van der Waals surface area contributed by atoms with Crippen molar-refractivity contribution in [1.82, 2.24) is 5.32 Å². The number of nitrogens with zero attached hydrogens (tertiary/aromatic N) is 1. The highest BCUT2D eigenvalue weighted by Crippen LogP contribution is 1.76. The van der Waals surface area contributed by atoms with E-state index in [1.165, 1.54) is 0 Å². The first-order chi connectivity index (χ1) is 3.80. The molecule has 0 bridgehead atoms. The van der Waals surface area contributed by atoms with Gasteiger partial charge < -0.3 is 5.32 Å². The van der Waals surface area contributed by atoms with E-state index in [0.717, 1.165) is 6.21 Å². The smallest absolute Gasteiger partial charge is 0.294 e. The van der Waals surface area contributed by atoms with Crippen molar-refractivity contribution in [1.29, 1.82) is 0 Å². The van der Waals surface area contributed by atoms with Gasteiger partial charge in [0.2, 0.25) is 0 Å². The summed E-state index contributed by atoms with van der Waals surface area (Å²) < 4.78 is 0. The number of carbonyl (C=O) groups excluding carboxylic acids is 2. The SMILES string of the molecule is O=C1C=NCNC1=O. The Morgan fingerprint density at radius 1 is 1.62 bits per heavy atom. The Bertz CT molecular complexity index is 161. The Morgan fingerprint density at radius 2 is 2.38 bits per heavy atom. The van der Waals surface area contributed by atoms with E-state index >= 15 is 0 Å². The highest BCUT2D eigenvalue weighted by Gasteiger charge is 2.12. The third-order valence-corrected chi connectivity index (χ3v) is 0.763. The average molecular weight is 112 g/mol. The summed E-state index contributed by atoms with van der Waals surface area (Å²) in [6.45, 7) is 0.227. The molecule has 1 N–H and O–H groups in total. The zero-order valence-corrected chi connectivity index (χ0v) is 4.05. The minimum absolute atomic E-state index is 0.227. The molecule has 1 aliphatic heterocycles. The maximum Gasteiger partial charge on any atom is 0.294 e. The van der Waals surface area contributed by atoms with Gasteiger partial charge in [-0.2, -0.15) is 0 Å². The van der Waals surface area contributed by atoms with Crippen molar-refractivity contribution >= 4 is 17.9 Å². The molecule has 4 nitrogen and oxygen atoms in total. The fourth-order valence-electron chi connectivity index (χ4n) is 0.392. The number of Topliss-reactive ketones (excluding diaryl/α,β-unsaturated/α-hetero) is 1. The molecule has 0 spiro atoms. The maximum atomic E-state index is 10.2. The van der Waals surface area contributed by atoms with Gasteiger partial charge in [-0.1, -0.05) is 0 Å². The van der Waals surface area contributed by atoms with Crippen LogP contribution >= 0.6 is 0 Å². The molecular weight excluding hydrogens is 108 g/mol.